The van der Waals surface area contributed by atoms with E-state index in [-0.39, 0.29) is 17.9 Å². The minimum absolute atomic E-state index is 0.0205. The molecule has 4 nitrogen and oxygen atoms in total. The van der Waals surface area contributed by atoms with Gasteiger partial charge in [0, 0.05) is 13.0 Å². The number of carbonyl (C=O) groups is 2. The van der Waals surface area contributed by atoms with Crippen LogP contribution in [0.5, 0.6) is 0 Å². The van der Waals surface area contributed by atoms with E-state index < -0.39 is 5.41 Å². The van der Waals surface area contributed by atoms with E-state index in [9.17, 15) is 9.59 Å². The van der Waals surface area contributed by atoms with Crippen molar-refractivity contribution in [2.24, 2.45) is 11.1 Å². The van der Waals surface area contributed by atoms with Gasteiger partial charge in [0.25, 0.3) is 0 Å². The van der Waals surface area contributed by atoms with Crippen molar-refractivity contribution in [2.75, 3.05) is 0 Å². The van der Waals surface area contributed by atoms with Gasteiger partial charge in [-0.3, -0.25) is 14.5 Å². The van der Waals surface area contributed by atoms with Gasteiger partial charge in [0.2, 0.25) is 11.8 Å². The van der Waals surface area contributed by atoms with Crippen molar-refractivity contribution in [3.63, 3.8) is 0 Å². The minimum atomic E-state index is -0.497. The summed E-state index contributed by atoms with van der Waals surface area (Å²) in [4.78, 5) is 26.5. The molecule has 1 atom stereocenters. The van der Waals surface area contributed by atoms with E-state index >= 15 is 0 Å². The number of rotatable bonds is 5. The van der Waals surface area contributed by atoms with Gasteiger partial charge in [-0.25, -0.2) is 0 Å². The van der Waals surface area contributed by atoms with Gasteiger partial charge in [-0.05, 0) is 30.9 Å². The highest BCUT2D eigenvalue weighted by atomic mass is 16.2. The number of nitrogens with two attached hydrogens (primary N) is 1. The number of carbonyl (C=O) groups excluding carboxylic acids is 2. The van der Waals surface area contributed by atoms with Crippen LogP contribution in [-0.2, 0) is 16.1 Å². The summed E-state index contributed by atoms with van der Waals surface area (Å²) in [7, 11) is 0. The zero-order chi connectivity index (χ0) is 15.6. The highest BCUT2D eigenvalue weighted by molar-refractivity contribution is 6.06. The quantitative estimate of drug-likeness (QED) is 0.847. The summed E-state index contributed by atoms with van der Waals surface area (Å²) in [5, 5.41) is 0. The lowest BCUT2D eigenvalue weighted by Gasteiger charge is -2.27. The fourth-order valence-electron chi connectivity index (χ4n) is 3.09. The molecule has 2 N–H and O–H groups in total. The van der Waals surface area contributed by atoms with Crippen LogP contribution in [-0.4, -0.2) is 16.7 Å². The van der Waals surface area contributed by atoms with E-state index in [4.69, 9.17) is 5.73 Å². The van der Waals surface area contributed by atoms with Gasteiger partial charge in [0.1, 0.15) is 0 Å². The number of nitrogens with zero attached hydrogens (tertiary/aromatic N) is 1. The molecule has 2 amide bonds. The Balaban J connectivity index is 2.28. The molecule has 0 bridgehead atoms. The first-order valence-electron chi connectivity index (χ1n) is 7.64. The van der Waals surface area contributed by atoms with Gasteiger partial charge < -0.3 is 5.73 Å². The Morgan fingerprint density at radius 2 is 1.76 bits per heavy atom. The molecule has 1 aromatic carbocycles. The van der Waals surface area contributed by atoms with Crippen LogP contribution >= 0.6 is 0 Å². The molecule has 4 heteroatoms. The molecule has 1 fully saturated rings. The van der Waals surface area contributed by atoms with Crippen LogP contribution in [0.2, 0.25) is 0 Å². The number of imide groups is 1. The monoisotopic (exact) mass is 288 g/mol. The average molecular weight is 288 g/mol. The van der Waals surface area contributed by atoms with Gasteiger partial charge in [0.15, 0.2) is 0 Å². The predicted octanol–water partition coefficient (Wildman–Crippen LogP) is 2.77. The lowest BCUT2D eigenvalue weighted by molar-refractivity contribution is -0.144. The summed E-state index contributed by atoms with van der Waals surface area (Å²) in [6, 6.07) is 7.57. The van der Waals surface area contributed by atoms with Gasteiger partial charge in [-0.15, -0.1) is 0 Å². The van der Waals surface area contributed by atoms with Crippen molar-refractivity contribution < 1.29 is 9.59 Å². The Labute approximate surface area is 126 Å². The first-order valence-corrected chi connectivity index (χ1v) is 7.64. The van der Waals surface area contributed by atoms with Gasteiger partial charge >= 0.3 is 0 Å². The van der Waals surface area contributed by atoms with Gasteiger partial charge in [-0.1, -0.05) is 38.1 Å². The summed E-state index contributed by atoms with van der Waals surface area (Å²) < 4.78 is 0. The first kappa shape index (κ1) is 15.7. The van der Waals surface area contributed by atoms with Crippen LogP contribution in [0.1, 0.15) is 57.2 Å². The van der Waals surface area contributed by atoms with Crippen LogP contribution < -0.4 is 5.73 Å². The molecule has 1 heterocycles. The van der Waals surface area contributed by atoms with Crippen LogP contribution in [0.3, 0.4) is 0 Å². The maximum absolute atomic E-state index is 12.7. The zero-order valence-electron chi connectivity index (χ0n) is 13.1. The van der Waals surface area contributed by atoms with E-state index in [1.807, 2.05) is 45.0 Å². The van der Waals surface area contributed by atoms with Crippen molar-refractivity contribution >= 4 is 11.8 Å². The Kier molecular flexibility index (Phi) is 4.47. The summed E-state index contributed by atoms with van der Waals surface area (Å²) >= 11 is 0. The van der Waals surface area contributed by atoms with E-state index in [0.717, 1.165) is 11.1 Å². The highest BCUT2D eigenvalue weighted by Gasteiger charge is 2.50. The lowest BCUT2D eigenvalue weighted by Crippen LogP contribution is -2.37. The predicted molar refractivity (Wildman–Crippen MR) is 82.2 cm³/mol. The van der Waals surface area contributed by atoms with E-state index in [1.165, 1.54) is 4.90 Å². The highest BCUT2D eigenvalue weighted by Crippen LogP contribution is 2.42. The molecule has 0 aromatic heterocycles. The third-order valence-electron chi connectivity index (χ3n) is 4.87. The number of hydrogen-bond donors (Lipinski definition) is 1. The second kappa shape index (κ2) is 5.98. The molecule has 1 aliphatic rings. The molecule has 0 aliphatic carbocycles. The van der Waals surface area contributed by atoms with E-state index in [1.54, 1.807) is 0 Å². The fraction of sp³-hybridized carbons (Fsp3) is 0.529. The van der Waals surface area contributed by atoms with Crippen molar-refractivity contribution in [2.45, 2.75) is 52.6 Å². The molecule has 0 saturated carbocycles. The number of hydrogen-bond acceptors (Lipinski definition) is 3. The van der Waals surface area contributed by atoms with Crippen LogP contribution in [0, 0.1) is 5.41 Å². The second-order valence-electron chi connectivity index (χ2n) is 5.85. The summed E-state index contributed by atoms with van der Waals surface area (Å²) in [5.74, 6) is -0.0768. The smallest absolute Gasteiger partial charge is 0.236 e. The minimum Gasteiger partial charge on any atom is -0.326 e. The van der Waals surface area contributed by atoms with Gasteiger partial charge in [0.05, 0.1) is 11.5 Å². The van der Waals surface area contributed by atoms with E-state index in [2.05, 4.69) is 0 Å². The normalized spacial score (nSPS) is 19.1. The van der Waals surface area contributed by atoms with Crippen molar-refractivity contribution in [3.05, 3.63) is 35.4 Å². The van der Waals surface area contributed by atoms with Crippen LogP contribution in [0.4, 0.5) is 0 Å². The SMILES string of the molecule is CCC1(CC)CC(=O)N(C(C)c2ccc(CN)cc2)C1=O. The van der Waals surface area contributed by atoms with Crippen molar-refractivity contribution in [3.8, 4) is 0 Å². The van der Waals surface area contributed by atoms with Crippen LogP contribution in [0.25, 0.3) is 0 Å². The molecular weight excluding hydrogens is 264 g/mol. The number of likely N-dealkylation sites (tertiary alicyclic amines) is 1. The Hall–Kier alpha value is -1.68. The largest absolute Gasteiger partial charge is 0.326 e. The molecule has 0 spiro atoms. The summed E-state index contributed by atoms with van der Waals surface area (Å²) in [6.45, 7) is 6.37. The molecule has 1 aliphatic heterocycles. The summed E-state index contributed by atoms with van der Waals surface area (Å²) in [5.41, 5.74) is 7.11. The summed E-state index contributed by atoms with van der Waals surface area (Å²) in [6.07, 6.45) is 1.76. The Morgan fingerprint density at radius 1 is 1.19 bits per heavy atom. The maximum atomic E-state index is 12.7. The standard InChI is InChI=1S/C17H24N2O2/c1-4-17(5-2)10-15(20)19(16(17)21)12(3)14-8-6-13(11-18)7-9-14/h6-9,12H,4-5,10-11,18H2,1-3H3. The van der Waals surface area contributed by atoms with Crippen molar-refractivity contribution in [1.82, 2.24) is 4.90 Å². The Bertz CT molecular complexity index is 532. The van der Waals surface area contributed by atoms with Crippen LogP contribution in [0.15, 0.2) is 24.3 Å². The zero-order valence-corrected chi connectivity index (χ0v) is 13.1. The lowest BCUT2D eigenvalue weighted by atomic mass is 9.81. The molecule has 2 rings (SSSR count). The number of amides is 2. The van der Waals surface area contributed by atoms with Crippen molar-refractivity contribution in [1.29, 1.82) is 0 Å². The Morgan fingerprint density at radius 3 is 2.19 bits per heavy atom. The number of benzene rings is 1. The fourth-order valence-corrected chi connectivity index (χ4v) is 3.09. The molecule has 21 heavy (non-hydrogen) atoms. The molecular formula is C17H24N2O2. The average Bonchev–Trinajstić information content (AvgIpc) is 2.77. The second-order valence-corrected chi connectivity index (χ2v) is 5.85. The molecule has 1 unspecified atom stereocenters. The molecule has 0 radical (unpaired) electrons. The molecule has 1 aromatic rings. The van der Waals surface area contributed by atoms with Gasteiger partial charge in [-0.2, -0.15) is 0 Å². The maximum Gasteiger partial charge on any atom is 0.236 e. The van der Waals surface area contributed by atoms with E-state index in [0.29, 0.717) is 25.8 Å². The topological polar surface area (TPSA) is 63.4 Å². The third-order valence-corrected chi connectivity index (χ3v) is 4.87. The molecule has 1 saturated heterocycles. The first-order chi connectivity index (χ1) is 9.99. The molecule has 114 valence electrons. The third kappa shape index (κ3) is 2.60.